The fraction of sp³-hybridized carbons (Fsp3) is 0.353. The van der Waals surface area contributed by atoms with E-state index in [-0.39, 0.29) is 5.91 Å². The van der Waals surface area contributed by atoms with E-state index in [0.717, 1.165) is 24.1 Å². The molecule has 0 bridgehead atoms. The van der Waals surface area contributed by atoms with Crippen molar-refractivity contribution in [2.45, 2.75) is 32.4 Å². The van der Waals surface area contributed by atoms with Gasteiger partial charge in [0.05, 0.1) is 0 Å². The lowest BCUT2D eigenvalue weighted by molar-refractivity contribution is 0.0951. The van der Waals surface area contributed by atoms with Gasteiger partial charge < -0.3 is 10.2 Å². The lowest BCUT2D eigenvalue weighted by atomic mass is 10.1. The fourth-order valence-electron chi connectivity index (χ4n) is 2.22. The molecule has 0 unspecified atom stereocenters. The molecule has 1 saturated carbocycles. The summed E-state index contributed by atoms with van der Waals surface area (Å²) in [6.45, 7) is 2.65. The Morgan fingerprint density at radius 2 is 2.00 bits per heavy atom. The molecule has 0 saturated heterocycles. The Labute approximate surface area is 130 Å². The van der Waals surface area contributed by atoms with Crippen LogP contribution in [0.1, 0.15) is 34.5 Å². The van der Waals surface area contributed by atoms with Crippen molar-refractivity contribution in [3.05, 3.63) is 53.3 Å². The van der Waals surface area contributed by atoms with E-state index in [1.807, 2.05) is 49.2 Å². The Bertz CT molecular complexity index is 665. The molecule has 3 rings (SSSR count). The second-order valence-electron chi connectivity index (χ2n) is 5.80. The largest absolute Gasteiger partial charge is 0.349 e. The maximum atomic E-state index is 11.9. The third kappa shape index (κ3) is 3.61. The minimum Gasteiger partial charge on any atom is -0.349 e. The zero-order chi connectivity index (χ0) is 15.5. The summed E-state index contributed by atoms with van der Waals surface area (Å²) >= 11 is 0. The van der Waals surface area contributed by atoms with Crippen LogP contribution in [0.15, 0.2) is 36.5 Å². The van der Waals surface area contributed by atoms with Crippen molar-refractivity contribution in [2.75, 3.05) is 11.9 Å². The summed E-state index contributed by atoms with van der Waals surface area (Å²) < 4.78 is 0. The standard InChI is InChI=1S/C17H20N4O/c1-12-9-10-18-17(19-12)21(2)11-13-3-5-14(6-4-13)16(22)20-15-7-8-15/h3-6,9-10,15H,7-8,11H2,1-2H3,(H,20,22). The fourth-order valence-corrected chi connectivity index (χ4v) is 2.22. The number of nitrogens with one attached hydrogen (secondary N) is 1. The van der Waals surface area contributed by atoms with Gasteiger partial charge in [-0.1, -0.05) is 12.1 Å². The Kier molecular flexibility index (Phi) is 4.04. The van der Waals surface area contributed by atoms with Crippen LogP contribution in [-0.4, -0.2) is 29.0 Å². The summed E-state index contributed by atoms with van der Waals surface area (Å²) in [6, 6.07) is 9.97. The second kappa shape index (κ2) is 6.13. The number of carbonyl (C=O) groups excluding carboxylic acids is 1. The van der Waals surface area contributed by atoms with Crippen molar-refractivity contribution in [3.8, 4) is 0 Å². The SMILES string of the molecule is Cc1ccnc(N(C)Cc2ccc(C(=O)NC3CC3)cc2)n1. The summed E-state index contributed by atoms with van der Waals surface area (Å²) in [4.78, 5) is 22.6. The molecule has 0 radical (unpaired) electrons. The summed E-state index contributed by atoms with van der Waals surface area (Å²) in [7, 11) is 1.96. The molecule has 0 aliphatic heterocycles. The second-order valence-corrected chi connectivity index (χ2v) is 5.80. The van der Waals surface area contributed by atoms with Gasteiger partial charge in [0.2, 0.25) is 5.95 Å². The highest BCUT2D eigenvalue weighted by atomic mass is 16.1. The van der Waals surface area contributed by atoms with Gasteiger partial charge in [-0.15, -0.1) is 0 Å². The molecular weight excluding hydrogens is 276 g/mol. The lowest BCUT2D eigenvalue weighted by Gasteiger charge is -2.17. The molecule has 5 nitrogen and oxygen atoms in total. The van der Waals surface area contributed by atoms with Gasteiger partial charge in [0, 0.05) is 37.1 Å². The number of amides is 1. The minimum atomic E-state index is 0.0180. The van der Waals surface area contributed by atoms with Crippen LogP contribution >= 0.6 is 0 Å². The maximum absolute atomic E-state index is 11.9. The molecular formula is C17H20N4O. The first-order valence-corrected chi connectivity index (χ1v) is 7.52. The number of carbonyl (C=O) groups is 1. The van der Waals surface area contributed by atoms with Gasteiger partial charge in [-0.05, 0) is 43.5 Å². The van der Waals surface area contributed by atoms with Crippen molar-refractivity contribution in [2.24, 2.45) is 0 Å². The summed E-state index contributed by atoms with van der Waals surface area (Å²) in [5.74, 6) is 0.722. The molecule has 1 fully saturated rings. The summed E-state index contributed by atoms with van der Waals surface area (Å²) in [6.07, 6.45) is 3.97. The quantitative estimate of drug-likeness (QED) is 0.920. The summed E-state index contributed by atoms with van der Waals surface area (Å²) in [5.41, 5.74) is 2.78. The predicted octanol–water partition coefficient (Wildman–Crippen LogP) is 2.31. The zero-order valence-corrected chi connectivity index (χ0v) is 12.9. The van der Waals surface area contributed by atoms with Gasteiger partial charge in [0.1, 0.15) is 0 Å². The molecule has 1 aromatic carbocycles. The Morgan fingerprint density at radius 3 is 2.64 bits per heavy atom. The number of anilines is 1. The number of aryl methyl sites for hydroxylation is 1. The van der Waals surface area contributed by atoms with Gasteiger partial charge in [0.25, 0.3) is 5.91 Å². The van der Waals surface area contributed by atoms with Crippen molar-refractivity contribution in [1.29, 1.82) is 0 Å². The van der Waals surface area contributed by atoms with Gasteiger partial charge >= 0.3 is 0 Å². The van der Waals surface area contributed by atoms with Crippen LogP contribution in [0.25, 0.3) is 0 Å². The normalized spacial score (nSPS) is 13.7. The first kappa shape index (κ1) is 14.5. The van der Waals surface area contributed by atoms with Crippen LogP contribution in [0.4, 0.5) is 5.95 Å². The van der Waals surface area contributed by atoms with Crippen LogP contribution in [0.5, 0.6) is 0 Å². The number of aromatic nitrogens is 2. The van der Waals surface area contributed by atoms with Gasteiger partial charge in [-0.25, -0.2) is 9.97 Å². The van der Waals surface area contributed by atoms with E-state index < -0.39 is 0 Å². The lowest BCUT2D eigenvalue weighted by Crippen LogP contribution is -2.25. The van der Waals surface area contributed by atoms with Crippen LogP contribution in [-0.2, 0) is 6.54 Å². The van der Waals surface area contributed by atoms with Crippen LogP contribution < -0.4 is 10.2 Å². The van der Waals surface area contributed by atoms with Gasteiger partial charge in [-0.2, -0.15) is 0 Å². The summed E-state index contributed by atoms with van der Waals surface area (Å²) in [5, 5.41) is 2.99. The number of rotatable bonds is 5. The highest BCUT2D eigenvalue weighted by Crippen LogP contribution is 2.19. The Morgan fingerprint density at radius 1 is 1.27 bits per heavy atom. The highest BCUT2D eigenvalue weighted by molar-refractivity contribution is 5.94. The first-order valence-electron chi connectivity index (χ1n) is 7.52. The smallest absolute Gasteiger partial charge is 0.251 e. The molecule has 1 aromatic heterocycles. The molecule has 2 aromatic rings. The zero-order valence-electron chi connectivity index (χ0n) is 12.9. The van der Waals surface area contributed by atoms with E-state index in [1.54, 1.807) is 6.20 Å². The molecule has 0 spiro atoms. The number of nitrogens with zero attached hydrogens (tertiary/aromatic N) is 3. The third-order valence-electron chi connectivity index (χ3n) is 3.67. The molecule has 0 atom stereocenters. The maximum Gasteiger partial charge on any atom is 0.251 e. The first-order chi connectivity index (χ1) is 10.6. The average Bonchev–Trinajstić information content (AvgIpc) is 3.32. The van der Waals surface area contributed by atoms with Crippen LogP contribution in [0, 0.1) is 6.92 Å². The Balaban J connectivity index is 1.63. The van der Waals surface area contributed by atoms with Crippen molar-refractivity contribution in [3.63, 3.8) is 0 Å². The number of benzene rings is 1. The van der Waals surface area contributed by atoms with Crippen LogP contribution in [0.2, 0.25) is 0 Å². The molecule has 1 heterocycles. The number of hydrogen-bond donors (Lipinski definition) is 1. The van der Waals surface area contributed by atoms with Crippen molar-refractivity contribution < 1.29 is 4.79 Å². The van der Waals surface area contributed by atoms with E-state index in [2.05, 4.69) is 15.3 Å². The van der Waals surface area contributed by atoms with Gasteiger partial charge in [-0.3, -0.25) is 4.79 Å². The highest BCUT2D eigenvalue weighted by Gasteiger charge is 2.23. The predicted molar refractivity (Wildman–Crippen MR) is 85.8 cm³/mol. The monoisotopic (exact) mass is 296 g/mol. The molecule has 1 aliphatic carbocycles. The van der Waals surface area contributed by atoms with E-state index in [4.69, 9.17) is 0 Å². The molecule has 1 N–H and O–H groups in total. The minimum absolute atomic E-state index is 0.0180. The third-order valence-corrected chi connectivity index (χ3v) is 3.67. The van der Waals surface area contributed by atoms with E-state index in [9.17, 15) is 4.79 Å². The molecule has 1 aliphatic rings. The van der Waals surface area contributed by atoms with Gasteiger partial charge in [0.15, 0.2) is 0 Å². The average molecular weight is 296 g/mol. The van der Waals surface area contributed by atoms with E-state index in [1.165, 1.54) is 0 Å². The van der Waals surface area contributed by atoms with Crippen LogP contribution in [0.3, 0.4) is 0 Å². The van der Waals surface area contributed by atoms with E-state index >= 15 is 0 Å². The van der Waals surface area contributed by atoms with Crippen molar-refractivity contribution in [1.82, 2.24) is 15.3 Å². The topological polar surface area (TPSA) is 58.1 Å². The molecule has 114 valence electrons. The molecule has 1 amide bonds. The van der Waals surface area contributed by atoms with Crippen molar-refractivity contribution >= 4 is 11.9 Å². The molecule has 22 heavy (non-hydrogen) atoms. The Hall–Kier alpha value is -2.43. The number of hydrogen-bond acceptors (Lipinski definition) is 4. The molecule has 5 heteroatoms. The van der Waals surface area contributed by atoms with E-state index in [0.29, 0.717) is 24.1 Å².